The van der Waals surface area contributed by atoms with Crippen LogP contribution < -0.4 is 14.8 Å². The quantitative estimate of drug-likeness (QED) is 0.0329. The fourth-order valence-electron chi connectivity index (χ4n) is 4.71. The summed E-state index contributed by atoms with van der Waals surface area (Å²) >= 11 is 0. The summed E-state index contributed by atoms with van der Waals surface area (Å²) in [7, 11) is -11.4. The molecular weight excluding hydrogens is 877 g/mol. The van der Waals surface area contributed by atoms with Crippen molar-refractivity contribution in [1.82, 2.24) is 9.44 Å². The molecule has 0 aliphatic heterocycles. The van der Waals surface area contributed by atoms with E-state index in [0.717, 1.165) is 7.05 Å². The van der Waals surface area contributed by atoms with Crippen molar-refractivity contribution in [3.8, 4) is 0 Å². The second-order valence-electron chi connectivity index (χ2n) is 13.1. The Bertz CT molecular complexity index is 2240. The van der Waals surface area contributed by atoms with Gasteiger partial charge in [-0.2, -0.15) is 0 Å². The molecule has 0 saturated carbocycles. The minimum Gasteiger partial charge on any atom is -0.748 e. The van der Waals surface area contributed by atoms with Crippen molar-refractivity contribution in [1.29, 1.82) is 0 Å². The van der Waals surface area contributed by atoms with Crippen LogP contribution in [0.3, 0.4) is 0 Å². The molecule has 0 atom stereocenters. The summed E-state index contributed by atoms with van der Waals surface area (Å²) in [6, 6.07) is 0. The number of likely N-dealkylation sites (N-methyl/N-ethyl adjacent to an activating group) is 2. The molecule has 0 bridgehead atoms. The van der Waals surface area contributed by atoms with Gasteiger partial charge in [0.05, 0.1) is 87.7 Å². The van der Waals surface area contributed by atoms with Crippen LogP contribution in [-0.4, -0.2) is 138 Å². The number of sulfonamides is 2. The Morgan fingerprint density at radius 2 is 0.895 bits per heavy atom. The van der Waals surface area contributed by atoms with Gasteiger partial charge in [0.15, 0.2) is 56.3 Å². The summed E-state index contributed by atoms with van der Waals surface area (Å²) in [5.41, 5.74) is 5.39. The van der Waals surface area contributed by atoms with Gasteiger partial charge in [-0.3, -0.25) is 0 Å². The normalized spacial score (nSPS) is 12.8. The smallest absolute Gasteiger partial charge is 0.246 e. The van der Waals surface area contributed by atoms with Crippen LogP contribution in [0.1, 0.15) is 12.8 Å². The molecule has 0 aromatic heterocycles. The molecule has 0 fully saturated rings. The van der Waals surface area contributed by atoms with E-state index in [-0.39, 0.29) is 54.5 Å². The minimum absolute atomic E-state index is 0.00780. The highest BCUT2D eigenvalue weighted by Crippen LogP contribution is 2.33. The maximum absolute atomic E-state index is 14.0. The van der Waals surface area contributed by atoms with E-state index in [9.17, 15) is 77.9 Å². The van der Waals surface area contributed by atoms with Gasteiger partial charge < -0.3 is 23.4 Å². The number of halogens is 8. The lowest BCUT2D eigenvalue weighted by atomic mass is 10.2. The molecule has 0 saturated heterocycles. The SMILES string of the molecule is CNc1c(F)c(F)c(S(=O)(=O)NCC[N+](C)(C)CCCS(=O)(=O)[O-])c(F)c1F.C[N+](C)(CCCS(=O)(=O)[O-])CCNS(=O)(=O)c1c(F)c(F)c(N=[N+]=[N-])c(F)c1F. The standard InChI is InChI=1S/C14H21F4N3O5S2.C13H17F4N5O5S2/c1-19-13-9(15)11(17)14(12(18)10(13)16)28(25,26)20-5-7-21(2,3)6-4-8-27(22,23)24;1-22(2,5-3-7-28(23,24)25)6-4-19-29(26,27)13-10(16)8(14)12(20-21-18)9(15)11(13)17/h19-20H,4-8H2,1-3H3;19H,3-7H2,1-2H3. The number of nitrogens with one attached hydrogen (secondary N) is 3. The molecule has 0 unspecified atom stereocenters. The number of hydrogen-bond donors (Lipinski definition) is 3. The molecule has 0 heterocycles. The Kier molecular flexibility index (Phi) is 18.1. The third-order valence-corrected chi connectivity index (χ3v) is 12.2. The van der Waals surface area contributed by atoms with Crippen molar-refractivity contribution >= 4 is 51.7 Å². The van der Waals surface area contributed by atoms with Crippen LogP contribution >= 0.6 is 0 Å². The first-order chi connectivity index (χ1) is 25.8. The van der Waals surface area contributed by atoms with Crippen molar-refractivity contribution in [2.24, 2.45) is 5.11 Å². The second-order valence-corrected chi connectivity index (χ2v) is 19.6. The molecule has 0 amide bonds. The zero-order valence-corrected chi connectivity index (χ0v) is 33.8. The van der Waals surface area contributed by atoms with Gasteiger partial charge in [0.1, 0.15) is 11.4 Å². The second kappa shape index (κ2) is 20.0. The van der Waals surface area contributed by atoms with Crippen LogP contribution in [0.2, 0.25) is 0 Å². The van der Waals surface area contributed by atoms with Crippen molar-refractivity contribution in [2.45, 2.75) is 22.6 Å². The Balaban J connectivity index is 0.000000570. The molecular formula is C27H38F8N8O10S4. The number of anilines is 1. The largest absolute Gasteiger partial charge is 0.748 e. The van der Waals surface area contributed by atoms with Crippen LogP contribution in [0.25, 0.3) is 10.4 Å². The van der Waals surface area contributed by atoms with Crippen molar-refractivity contribution in [3.63, 3.8) is 0 Å². The highest BCUT2D eigenvalue weighted by atomic mass is 32.2. The molecule has 326 valence electrons. The molecule has 3 N–H and O–H groups in total. The molecule has 2 aromatic carbocycles. The van der Waals surface area contributed by atoms with Gasteiger partial charge in [0, 0.05) is 36.3 Å². The number of benzene rings is 2. The third kappa shape index (κ3) is 15.3. The molecule has 2 aromatic rings. The number of nitrogens with zero attached hydrogens (tertiary/aromatic N) is 5. The highest BCUT2D eigenvalue weighted by molar-refractivity contribution is 7.89. The molecule has 0 spiro atoms. The van der Waals surface area contributed by atoms with E-state index in [0.29, 0.717) is 0 Å². The fourth-order valence-corrected chi connectivity index (χ4v) is 7.98. The van der Waals surface area contributed by atoms with Crippen molar-refractivity contribution in [2.75, 3.05) is 91.3 Å². The zero-order valence-electron chi connectivity index (χ0n) is 30.5. The summed E-state index contributed by atoms with van der Waals surface area (Å²) in [5.74, 6) is -17.9. The van der Waals surface area contributed by atoms with Crippen molar-refractivity contribution < 1.29 is 86.9 Å². The van der Waals surface area contributed by atoms with Gasteiger partial charge in [-0.25, -0.2) is 78.2 Å². The Labute approximate surface area is 323 Å². The lowest BCUT2D eigenvalue weighted by Gasteiger charge is -2.30. The van der Waals surface area contributed by atoms with Crippen LogP contribution in [0.15, 0.2) is 14.9 Å². The van der Waals surface area contributed by atoms with Crippen molar-refractivity contribution in [3.05, 3.63) is 57.0 Å². The van der Waals surface area contributed by atoms with Crippen LogP contribution in [-0.2, 0) is 40.3 Å². The van der Waals surface area contributed by atoms with E-state index < -0.39 is 126 Å². The number of azide groups is 1. The maximum Gasteiger partial charge on any atom is 0.246 e. The summed E-state index contributed by atoms with van der Waals surface area (Å²) in [5, 5.41) is 4.36. The Hall–Kier alpha value is -3.45. The van der Waals surface area contributed by atoms with Gasteiger partial charge in [0.25, 0.3) is 0 Å². The maximum atomic E-state index is 14.0. The van der Waals surface area contributed by atoms with E-state index in [1.165, 1.54) is 0 Å². The lowest BCUT2D eigenvalue weighted by molar-refractivity contribution is -0.889. The highest BCUT2D eigenvalue weighted by Gasteiger charge is 2.34. The zero-order chi connectivity index (χ0) is 44.5. The van der Waals surface area contributed by atoms with Gasteiger partial charge >= 0.3 is 0 Å². The third-order valence-electron chi connectivity index (χ3n) is 7.69. The predicted octanol–water partition coefficient (Wildman–Crippen LogP) is 2.05. The average Bonchev–Trinajstić information content (AvgIpc) is 3.03. The van der Waals surface area contributed by atoms with Gasteiger partial charge in [0.2, 0.25) is 20.0 Å². The van der Waals surface area contributed by atoms with Gasteiger partial charge in [-0.15, -0.1) is 0 Å². The van der Waals surface area contributed by atoms with E-state index in [1.54, 1.807) is 32.9 Å². The predicted molar refractivity (Wildman–Crippen MR) is 183 cm³/mol. The van der Waals surface area contributed by atoms with Gasteiger partial charge in [-0.05, 0) is 5.53 Å². The van der Waals surface area contributed by atoms with E-state index in [4.69, 9.17) is 5.53 Å². The first-order valence-electron chi connectivity index (χ1n) is 15.7. The van der Waals surface area contributed by atoms with E-state index in [2.05, 4.69) is 5.11 Å². The van der Waals surface area contributed by atoms with E-state index in [1.807, 2.05) is 15.0 Å². The van der Waals surface area contributed by atoms with Crippen LogP contribution in [0, 0.1) is 46.5 Å². The number of hydrogen-bond acceptors (Lipinski definition) is 12. The first kappa shape index (κ1) is 51.6. The number of rotatable bonds is 20. The van der Waals surface area contributed by atoms with Gasteiger partial charge in [-0.1, -0.05) is 5.11 Å². The fraction of sp³-hybridized carbons (Fsp3) is 0.556. The Morgan fingerprint density at radius 1 is 0.579 bits per heavy atom. The molecule has 0 radical (unpaired) electrons. The number of quaternary nitrogens is 2. The summed E-state index contributed by atoms with van der Waals surface area (Å²) in [6.07, 6.45) is 0.0167. The Morgan fingerprint density at radius 3 is 1.18 bits per heavy atom. The average molecular weight is 915 g/mol. The molecule has 2 rings (SSSR count). The molecule has 30 heteroatoms. The summed E-state index contributed by atoms with van der Waals surface area (Å²) < 4.78 is 227. The summed E-state index contributed by atoms with van der Waals surface area (Å²) in [6.45, 7) is -0.402. The topological polar surface area (TPSA) is 268 Å². The first-order valence-corrected chi connectivity index (χ1v) is 21.8. The van der Waals surface area contributed by atoms with E-state index >= 15 is 0 Å². The summed E-state index contributed by atoms with van der Waals surface area (Å²) in [4.78, 5) is -1.68. The molecule has 57 heavy (non-hydrogen) atoms. The lowest BCUT2D eigenvalue weighted by Crippen LogP contribution is -2.46. The molecule has 0 aliphatic carbocycles. The molecule has 0 aliphatic rings. The minimum atomic E-state index is -5.04. The monoisotopic (exact) mass is 914 g/mol. The van der Waals surface area contributed by atoms with Crippen LogP contribution in [0.4, 0.5) is 46.5 Å². The molecule has 18 nitrogen and oxygen atoms in total. The van der Waals surface area contributed by atoms with Crippen LogP contribution in [0.5, 0.6) is 0 Å².